The van der Waals surface area contributed by atoms with E-state index in [9.17, 15) is 9.59 Å². The van der Waals surface area contributed by atoms with Gasteiger partial charge < -0.3 is 10.1 Å². The molecule has 0 heterocycles. The summed E-state index contributed by atoms with van der Waals surface area (Å²) in [5.41, 5.74) is -1.51. The van der Waals surface area contributed by atoms with E-state index in [2.05, 4.69) is 19.2 Å². The van der Waals surface area contributed by atoms with Crippen LogP contribution in [0.25, 0.3) is 0 Å². The summed E-state index contributed by atoms with van der Waals surface area (Å²) in [4.78, 5) is 24.3. The maximum atomic E-state index is 12.3. The number of ketones is 1. The van der Waals surface area contributed by atoms with Crippen molar-refractivity contribution < 1.29 is 14.3 Å². The molecule has 0 radical (unpaired) electrons. The highest BCUT2D eigenvalue weighted by atomic mass is 16.6. The zero-order valence-corrected chi connectivity index (χ0v) is 12.8. The highest BCUT2D eigenvalue weighted by Gasteiger charge is 2.70. The SMILES string of the molecule is CC(C)(C)OC(=O)NC12CCC(C)(C(=O)C1)C2(C)C. The highest BCUT2D eigenvalue weighted by molar-refractivity contribution is 5.92. The molecule has 2 unspecified atom stereocenters. The van der Waals surface area contributed by atoms with Gasteiger partial charge in [-0.3, -0.25) is 4.79 Å². The van der Waals surface area contributed by atoms with Crippen molar-refractivity contribution in [1.29, 1.82) is 0 Å². The van der Waals surface area contributed by atoms with Crippen molar-refractivity contribution in [2.24, 2.45) is 10.8 Å². The quantitative estimate of drug-likeness (QED) is 0.794. The maximum Gasteiger partial charge on any atom is 0.408 e. The van der Waals surface area contributed by atoms with Crippen molar-refractivity contribution >= 4 is 11.9 Å². The average molecular weight is 267 g/mol. The molecule has 2 aliphatic carbocycles. The summed E-state index contributed by atoms with van der Waals surface area (Å²) in [5, 5.41) is 3.00. The Morgan fingerprint density at radius 3 is 2.16 bits per heavy atom. The van der Waals surface area contributed by atoms with E-state index in [1.54, 1.807) is 0 Å². The van der Waals surface area contributed by atoms with E-state index in [1.807, 2.05) is 27.7 Å². The second-order valence-electron chi connectivity index (χ2n) is 7.77. The Labute approximate surface area is 115 Å². The molecule has 0 spiro atoms. The predicted molar refractivity (Wildman–Crippen MR) is 72.8 cm³/mol. The molecule has 2 bridgehead atoms. The summed E-state index contributed by atoms with van der Waals surface area (Å²) in [6, 6.07) is 0. The third kappa shape index (κ3) is 1.87. The molecule has 2 aliphatic rings. The van der Waals surface area contributed by atoms with Crippen LogP contribution in [-0.4, -0.2) is 23.0 Å². The molecule has 0 aliphatic heterocycles. The fourth-order valence-electron chi connectivity index (χ4n) is 3.64. The van der Waals surface area contributed by atoms with Crippen LogP contribution in [0.15, 0.2) is 0 Å². The minimum atomic E-state index is -0.518. The van der Waals surface area contributed by atoms with Gasteiger partial charge in [0.1, 0.15) is 11.4 Å². The molecule has 2 rings (SSSR count). The van der Waals surface area contributed by atoms with Crippen molar-refractivity contribution in [2.75, 3.05) is 0 Å². The molecule has 0 aromatic carbocycles. The Hall–Kier alpha value is -1.06. The molecule has 2 fully saturated rings. The van der Waals surface area contributed by atoms with E-state index in [0.29, 0.717) is 6.42 Å². The van der Waals surface area contributed by atoms with E-state index >= 15 is 0 Å². The lowest BCUT2D eigenvalue weighted by molar-refractivity contribution is -0.128. The number of hydrogen-bond acceptors (Lipinski definition) is 3. The zero-order valence-electron chi connectivity index (χ0n) is 12.8. The Kier molecular flexibility index (Phi) is 2.82. The summed E-state index contributed by atoms with van der Waals surface area (Å²) < 4.78 is 5.35. The molecule has 19 heavy (non-hydrogen) atoms. The number of alkyl carbamates (subject to hydrolysis) is 1. The van der Waals surface area contributed by atoms with E-state index in [4.69, 9.17) is 4.74 Å². The van der Waals surface area contributed by atoms with Gasteiger partial charge in [0, 0.05) is 17.3 Å². The monoisotopic (exact) mass is 267 g/mol. The molecule has 1 amide bonds. The third-order valence-electron chi connectivity index (χ3n) is 5.45. The number of carbonyl (C=O) groups is 2. The van der Waals surface area contributed by atoms with Crippen LogP contribution in [0.4, 0.5) is 4.79 Å². The van der Waals surface area contributed by atoms with Crippen LogP contribution in [0.5, 0.6) is 0 Å². The molecule has 4 heteroatoms. The molecule has 108 valence electrons. The average Bonchev–Trinajstić information content (AvgIpc) is 2.44. The van der Waals surface area contributed by atoms with E-state index < -0.39 is 17.2 Å². The molecule has 0 aromatic heterocycles. The number of ether oxygens (including phenoxy) is 1. The van der Waals surface area contributed by atoms with Gasteiger partial charge in [-0.25, -0.2) is 4.79 Å². The number of fused-ring (bicyclic) bond motifs is 2. The first-order chi connectivity index (χ1) is 8.44. The number of Topliss-reactive ketones (excluding diaryl/α,β-unsaturated/α-hetero) is 1. The first-order valence-corrected chi connectivity index (χ1v) is 6.98. The molecule has 2 saturated carbocycles. The van der Waals surface area contributed by atoms with Crippen LogP contribution in [0.1, 0.15) is 60.8 Å². The number of rotatable bonds is 1. The molecule has 4 nitrogen and oxygen atoms in total. The Balaban J connectivity index is 2.21. The number of carbonyl (C=O) groups excluding carboxylic acids is 2. The summed E-state index contributed by atoms with van der Waals surface area (Å²) in [7, 11) is 0. The summed E-state index contributed by atoms with van der Waals surface area (Å²) in [6.45, 7) is 11.7. The van der Waals surface area contributed by atoms with Crippen molar-refractivity contribution in [1.82, 2.24) is 5.32 Å². The molecule has 0 saturated heterocycles. The number of nitrogens with one attached hydrogen (secondary N) is 1. The maximum absolute atomic E-state index is 12.3. The van der Waals surface area contributed by atoms with Crippen LogP contribution in [0.3, 0.4) is 0 Å². The highest BCUT2D eigenvalue weighted by Crippen LogP contribution is 2.65. The summed E-state index contributed by atoms with van der Waals surface area (Å²) in [5.74, 6) is 0.264. The minimum absolute atomic E-state index is 0.228. The van der Waals surface area contributed by atoms with Crippen molar-refractivity contribution in [2.45, 2.75) is 71.9 Å². The molecule has 1 N–H and O–H groups in total. The smallest absolute Gasteiger partial charge is 0.408 e. The summed E-state index contributed by atoms with van der Waals surface area (Å²) >= 11 is 0. The van der Waals surface area contributed by atoms with Crippen molar-refractivity contribution in [3.05, 3.63) is 0 Å². The molecule has 0 aromatic rings. The second kappa shape index (κ2) is 3.74. The van der Waals surface area contributed by atoms with Crippen LogP contribution in [0.2, 0.25) is 0 Å². The number of hydrogen-bond donors (Lipinski definition) is 1. The lowest BCUT2D eigenvalue weighted by Crippen LogP contribution is -2.55. The van der Waals surface area contributed by atoms with Crippen LogP contribution < -0.4 is 5.32 Å². The first-order valence-electron chi connectivity index (χ1n) is 6.98. The van der Waals surface area contributed by atoms with Gasteiger partial charge in [-0.05, 0) is 33.6 Å². The lowest BCUT2D eigenvalue weighted by atomic mass is 9.68. The number of amides is 1. The predicted octanol–water partition coefficient (Wildman–Crippen LogP) is 3.05. The van der Waals surface area contributed by atoms with Crippen molar-refractivity contribution in [3.63, 3.8) is 0 Å². The van der Waals surface area contributed by atoms with E-state index in [-0.39, 0.29) is 16.6 Å². The first kappa shape index (κ1) is 14.4. The van der Waals surface area contributed by atoms with Gasteiger partial charge in [0.05, 0.1) is 5.54 Å². The topological polar surface area (TPSA) is 55.4 Å². The van der Waals surface area contributed by atoms with Crippen molar-refractivity contribution in [3.8, 4) is 0 Å². The third-order valence-corrected chi connectivity index (χ3v) is 5.45. The van der Waals surface area contributed by atoms with Crippen LogP contribution in [0, 0.1) is 10.8 Å². The second-order valence-corrected chi connectivity index (χ2v) is 7.77. The van der Waals surface area contributed by atoms with Crippen LogP contribution in [-0.2, 0) is 9.53 Å². The molecular formula is C15H25NO3. The van der Waals surface area contributed by atoms with Gasteiger partial charge in [-0.15, -0.1) is 0 Å². The van der Waals surface area contributed by atoms with Gasteiger partial charge in [0.2, 0.25) is 0 Å². The lowest BCUT2D eigenvalue weighted by Gasteiger charge is -2.40. The zero-order chi connectivity index (χ0) is 14.7. The summed E-state index contributed by atoms with van der Waals surface area (Å²) in [6.07, 6.45) is 1.70. The Bertz CT molecular complexity index is 435. The largest absolute Gasteiger partial charge is 0.444 e. The Morgan fingerprint density at radius 1 is 1.21 bits per heavy atom. The van der Waals surface area contributed by atoms with E-state index in [0.717, 1.165) is 12.8 Å². The normalized spacial score (nSPS) is 36.4. The van der Waals surface area contributed by atoms with Gasteiger partial charge in [-0.1, -0.05) is 20.8 Å². The van der Waals surface area contributed by atoms with Crippen LogP contribution >= 0.6 is 0 Å². The minimum Gasteiger partial charge on any atom is -0.444 e. The van der Waals surface area contributed by atoms with Gasteiger partial charge in [-0.2, -0.15) is 0 Å². The van der Waals surface area contributed by atoms with Gasteiger partial charge in [0.25, 0.3) is 0 Å². The fraction of sp³-hybridized carbons (Fsp3) is 0.867. The Morgan fingerprint density at radius 2 is 1.79 bits per heavy atom. The molecular weight excluding hydrogens is 242 g/mol. The van der Waals surface area contributed by atoms with Gasteiger partial charge in [0.15, 0.2) is 0 Å². The molecule has 2 atom stereocenters. The fourth-order valence-corrected chi connectivity index (χ4v) is 3.64. The van der Waals surface area contributed by atoms with E-state index in [1.165, 1.54) is 0 Å². The van der Waals surface area contributed by atoms with Gasteiger partial charge >= 0.3 is 6.09 Å². The standard InChI is InChI=1S/C15H25NO3/c1-12(2,3)19-11(18)16-15-8-7-14(6,10(17)9-15)13(15,4)5/h7-9H2,1-6H3,(H,16,18).